The normalized spacial score (nSPS) is 39.7. The third-order valence-electron chi connectivity index (χ3n) is 10.1. The molecular weight excluding hydrogens is 440 g/mol. The lowest BCUT2D eigenvalue weighted by Crippen LogP contribution is -2.79. The molecule has 3 N–H and O–H groups in total. The van der Waals surface area contributed by atoms with Crippen LogP contribution in [0.5, 0.6) is 11.5 Å². The lowest BCUT2D eigenvalue weighted by atomic mass is 9.37. The van der Waals surface area contributed by atoms with Gasteiger partial charge in [0.2, 0.25) is 5.91 Å². The highest BCUT2D eigenvalue weighted by Gasteiger charge is 2.79. The number of nitrogens with zero attached hydrogens (tertiary/aromatic N) is 1. The summed E-state index contributed by atoms with van der Waals surface area (Å²) in [5.74, 6) is 0.635. The molecule has 3 fully saturated rings. The highest BCUT2D eigenvalue weighted by Crippen LogP contribution is 2.74. The zero-order chi connectivity index (χ0) is 23.6. The monoisotopic (exact) mass is 470 g/mol. The van der Waals surface area contributed by atoms with E-state index < -0.39 is 23.0 Å². The van der Waals surface area contributed by atoms with Gasteiger partial charge < -0.3 is 20.3 Å². The van der Waals surface area contributed by atoms with Crippen molar-refractivity contribution in [2.24, 2.45) is 17.3 Å². The molecule has 0 aromatic heterocycles. The average Bonchev–Trinajstić information content (AvgIpc) is 3.60. The lowest BCUT2D eigenvalue weighted by molar-refractivity contribution is -0.205. The predicted molar refractivity (Wildman–Crippen MR) is 130 cm³/mol. The van der Waals surface area contributed by atoms with E-state index in [2.05, 4.69) is 22.4 Å². The van der Waals surface area contributed by atoms with Gasteiger partial charge in [0.25, 0.3) is 0 Å². The van der Waals surface area contributed by atoms with Gasteiger partial charge in [-0.15, -0.1) is 0 Å². The molecule has 5 aliphatic carbocycles. The molecule has 2 aromatic rings. The number of aliphatic hydroxyl groups is 1. The van der Waals surface area contributed by atoms with Gasteiger partial charge in [0, 0.05) is 29.3 Å². The molecule has 4 bridgehead atoms. The second-order valence-electron chi connectivity index (χ2n) is 11.7. The van der Waals surface area contributed by atoms with E-state index in [1.54, 1.807) is 6.07 Å². The minimum Gasteiger partial charge on any atom is -0.504 e. The van der Waals surface area contributed by atoms with Crippen molar-refractivity contribution in [2.75, 3.05) is 18.4 Å². The number of carbonyl (C=O) groups is 1. The lowest BCUT2D eigenvalue weighted by Gasteiger charge is -2.70. The number of para-hydroxylation sites is 1. The van der Waals surface area contributed by atoms with E-state index in [9.17, 15) is 15.0 Å². The molecular formula is C29H30N2O4. The largest absolute Gasteiger partial charge is 0.504 e. The van der Waals surface area contributed by atoms with Crippen molar-refractivity contribution in [3.63, 3.8) is 0 Å². The van der Waals surface area contributed by atoms with E-state index in [0.29, 0.717) is 12.2 Å². The van der Waals surface area contributed by atoms with E-state index in [1.165, 1.54) is 18.4 Å². The molecule has 6 nitrogen and oxygen atoms in total. The van der Waals surface area contributed by atoms with E-state index in [1.807, 2.05) is 36.4 Å². The van der Waals surface area contributed by atoms with Crippen LogP contribution in [0.4, 0.5) is 5.69 Å². The number of hydrogen-bond acceptors (Lipinski definition) is 5. The molecule has 9 rings (SSSR count). The van der Waals surface area contributed by atoms with Gasteiger partial charge in [0.15, 0.2) is 11.5 Å². The van der Waals surface area contributed by atoms with Crippen molar-refractivity contribution in [1.82, 2.24) is 4.90 Å². The molecule has 2 spiro atoms. The number of phenolic OH excluding ortho intramolecular Hbond substituents is 1. The van der Waals surface area contributed by atoms with Crippen LogP contribution in [-0.2, 0) is 16.6 Å². The van der Waals surface area contributed by atoms with Gasteiger partial charge in [0.1, 0.15) is 11.7 Å². The molecule has 2 saturated carbocycles. The first-order chi connectivity index (χ1) is 17.0. The SMILES string of the molecule is O=C(Nc1ccccc1)[C@H]1C[C@@]23C=CC1(O)[C@@H]1Oc4c(O)ccc5c4[C@@]12CCN(CC1CC1)[C@@H]3C5. The Morgan fingerprint density at radius 2 is 1.97 bits per heavy atom. The summed E-state index contributed by atoms with van der Waals surface area (Å²) in [6.45, 7) is 2.06. The summed E-state index contributed by atoms with van der Waals surface area (Å²) < 4.78 is 6.55. The summed E-state index contributed by atoms with van der Waals surface area (Å²) in [7, 11) is 0. The number of likely N-dealkylation sites (tertiary alicyclic amines) is 1. The van der Waals surface area contributed by atoms with Crippen molar-refractivity contribution in [3.8, 4) is 11.5 Å². The van der Waals surface area contributed by atoms with Crippen LogP contribution in [0.15, 0.2) is 54.6 Å². The Bertz CT molecular complexity index is 1290. The number of ether oxygens (including phenoxy) is 1. The maximum Gasteiger partial charge on any atom is 0.230 e. The smallest absolute Gasteiger partial charge is 0.230 e. The first kappa shape index (κ1) is 20.4. The molecule has 2 aliphatic heterocycles. The van der Waals surface area contributed by atoms with Gasteiger partial charge in [-0.25, -0.2) is 0 Å². The molecule has 6 heteroatoms. The minimum atomic E-state index is -1.44. The van der Waals surface area contributed by atoms with Crippen molar-refractivity contribution >= 4 is 11.6 Å². The van der Waals surface area contributed by atoms with Gasteiger partial charge in [0.05, 0.1) is 11.3 Å². The van der Waals surface area contributed by atoms with Crippen LogP contribution in [0, 0.1) is 17.3 Å². The number of anilines is 1. The van der Waals surface area contributed by atoms with Crippen molar-refractivity contribution in [3.05, 3.63) is 65.7 Å². The van der Waals surface area contributed by atoms with Gasteiger partial charge in [-0.1, -0.05) is 36.4 Å². The second-order valence-corrected chi connectivity index (χ2v) is 11.7. The van der Waals surface area contributed by atoms with Gasteiger partial charge in [-0.2, -0.15) is 0 Å². The Labute approximate surface area is 204 Å². The molecule has 180 valence electrons. The van der Waals surface area contributed by atoms with Crippen LogP contribution in [0.1, 0.15) is 36.8 Å². The number of fused-ring (bicyclic) bond motifs is 1. The Hall–Kier alpha value is -2.83. The van der Waals surface area contributed by atoms with Crippen molar-refractivity contribution < 1.29 is 19.7 Å². The van der Waals surface area contributed by atoms with E-state index in [0.717, 1.165) is 43.1 Å². The zero-order valence-corrected chi connectivity index (χ0v) is 19.6. The molecule has 1 saturated heterocycles. The third kappa shape index (κ3) is 2.35. The molecule has 0 radical (unpaired) electrons. The quantitative estimate of drug-likeness (QED) is 0.597. The van der Waals surface area contributed by atoms with Crippen LogP contribution in [0.2, 0.25) is 0 Å². The summed E-state index contributed by atoms with van der Waals surface area (Å²) in [4.78, 5) is 16.4. The summed E-state index contributed by atoms with van der Waals surface area (Å²) in [5.41, 5.74) is 0.866. The zero-order valence-electron chi connectivity index (χ0n) is 19.6. The maximum absolute atomic E-state index is 13.7. The molecule has 2 aromatic carbocycles. The van der Waals surface area contributed by atoms with Crippen LogP contribution in [0.3, 0.4) is 0 Å². The molecule has 2 heterocycles. The highest BCUT2D eigenvalue weighted by molar-refractivity contribution is 5.94. The number of nitrogens with one attached hydrogen (secondary N) is 1. The second kappa shape index (κ2) is 6.48. The highest BCUT2D eigenvalue weighted by atomic mass is 16.5. The number of carbonyl (C=O) groups excluding carboxylic acids is 1. The van der Waals surface area contributed by atoms with Gasteiger partial charge in [-0.05, 0) is 68.3 Å². The number of hydrogen-bond donors (Lipinski definition) is 3. The minimum absolute atomic E-state index is 0.134. The average molecular weight is 471 g/mol. The van der Waals surface area contributed by atoms with Gasteiger partial charge >= 0.3 is 0 Å². The first-order valence-corrected chi connectivity index (χ1v) is 13.0. The fraction of sp³-hybridized carbons (Fsp3) is 0.483. The first-order valence-electron chi connectivity index (χ1n) is 13.0. The van der Waals surface area contributed by atoms with Crippen LogP contribution >= 0.6 is 0 Å². The summed E-state index contributed by atoms with van der Waals surface area (Å²) in [6.07, 6.45) is 8.46. The summed E-state index contributed by atoms with van der Waals surface area (Å²) >= 11 is 0. The number of benzene rings is 2. The topological polar surface area (TPSA) is 82.0 Å². The van der Waals surface area contributed by atoms with E-state index in [-0.39, 0.29) is 23.1 Å². The molecule has 7 aliphatic rings. The Morgan fingerprint density at radius 3 is 2.77 bits per heavy atom. The van der Waals surface area contributed by atoms with E-state index in [4.69, 9.17) is 4.74 Å². The third-order valence-corrected chi connectivity index (χ3v) is 10.1. The van der Waals surface area contributed by atoms with Crippen molar-refractivity contribution in [2.45, 2.75) is 55.3 Å². The molecule has 35 heavy (non-hydrogen) atoms. The van der Waals surface area contributed by atoms with Crippen molar-refractivity contribution in [1.29, 1.82) is 0 Å². The van der Waals surface area contributed by atoms with Crippen LogP contribution in [0.25, 0.3) is 0 Å². The number of amides is 1. The van der Waals surface area contributed by atoms with E-state index >= 15 is 0 Å². The fourth-order valence-electron chi connectivity index (χ4n) is 8.53. The number of phenols is 1. The summed E-state index contributed by atoms with van der Waals surface area (Å²) in [6, 6.07) is 13.5. The fourth-order valence-corrected chi connectivity index (χ4v) is 8.53. The number of piperidine rings is 1. The number of rotatable bonds is 4. The molecule has 6 atom stereocenters. The van der Waals surface area contributed by atoms with Gasteiger partial charge in [-0.3, -0.25) is 9.69 Å². The Morgan fingerprint density at radius 1 is 1.14 bits per heavy atom. The predicted octanol–water partition coefficient (Wildman–Crippen LogP) is 3.38. The standard InChI is InChI=1S/C29H30N2O4/c32-21-9-8-18-14-22-27-10-11-29(34,20(15-27)25(33)30-19-4-2-1-3-5-19)26-28(27,23(18)24(21)35-26)12-13-31(22)16-17-6-7-17/h1-5,8-11,17,20,22,26,32,34H,6-7,12-16H2,(H,30,33)/t20-,22-,26-,27-,28+,29?/m1/s1. The molecule has 1 unspecified atom stereocenters. The number of aromatic hydroxyl groups is 1. The maximum atomic E-state index is 13.7. The van der Waals surface area contributed by atoms with Crippen LogP contribution < -0.4 is 10.1 Å². The van der Waals surface area contributed by atoms with Crippen LogP contribution in [-0.4, -0.2) is 51.9 Å². The molecule has 1 amide bonds. The summed E-state index contributed by atoms with van der Waals surface area (Å²) in [5, 5.41) is 26.1. The Balaban J connectivity index is 1.29. The Kier molecular flexibility index (Phi) is 3.77.